The second-order valence-corrected chi connectivity index (χ2v) is 9.13. The Balaban J connectivity index is 1.51. The summed E-state index contributed by atoms with van der Waals surface area (Å²) in [6.45, 7) is 8.99. The van der Waals surface area contributed by atoms with Gasteiger partial charge in [0.1, 0.15) is 0 Å². The average Bonchev–Trinajstić information content (AvgIpc) is 2.84. The maximum atomic E-state index is 5.88. The van der Waals surface area contributed by atoms with E-state index in [9.17, 15) is 0 Å². The van der Waals surface area contributed by atoms with Gasteiger partial charge in [-0.3, -0.25) is 14.7 Å². The van der Waals surface area contributed by atoms with Gasteiger partial charge in [-0.25, -0.2) is 0 Å². The zero-order valence-corrected chi connectivity index (χ0v) is 19.8. The molecule has 0 bridgehead atoms. The maximum Gasteiger partial charge on any atom is 0.0537 e. The smallest absolute Gasteiger partial charge is 0.0537 e. The summed E-state index contributed by atoms with van der Waals surface area (Å²) >= 11 is 0. The molecule has 1 aliphatic rings. The van der Waals surface area contributed by atoms with Crippen LogP contribution < -0.4 is 11.5 Å². The average molecular weight is 444 g/mol. The van der Waals surface area contributed by atoms with E-state index in [0.717, 1.165) is 46.1 Å². The van der Waals surface area contributed by atoms with E-state index in [1.807, 2.05) is 0 Å². The van der Waals surface area contributed by atoms with Crippen LogP contribution in [0.15, 0.2) is 72.8 Å². The lowest BCUT2D eigenvalue weighted by Gasteiger charge is -2.42. The van der Waals surface area contributed by atoms with Crippen molar-refractivity contribution in [1.82, 2.24) is 14.7 Å². The van der Waals surface area contributed by atoms with Crippen molar-refractivity contribution in [3.63, 3.8) is 0 Å². The first-order valence-electron chi connectivity index (χ1n) is 12.0. The molecule has 4 rings (SSSR count). The van der Waals surface area contributed by atoms with Crippen molar-refractivity contribution in [2.24, 2.45) is 11.5 Å². The van der Waals surface area contributed by atoms with Crippen LogP contribution in [0.4, 0.5) is 0 Å². The molecule has 0 saturated carbocycles. The first-order valence-corrected chi connectivity index (χ1v) is 12.0. The van der Waals surface area contributed by atoms with Gasteiger partial charge < -0.3 is 11.5 Å². The number of nitrogens with two attached hydrogens (primary N) is 2. The van der Waals surface area contributed by atoms with Gasteiger partial charge >= 0.3 is 0 Å². The molecular formula is C28H37N5. The molecule has 33 heavy (non-hydrogen) atoms. The highest BCUT2D eigenvalue weighted by molar-refractivity contribution is 5.25. The van der Waals surface area contributed by atoms with Crippen LogP contribution in [0.25, 0.3) is 0 Å². The summed E-state index contributed by atoms with van der Waals surface area (Å²) in [6.07, 6.45) is 1.07. The van der Waals surface area contributed by atoms with Crippen LogP contribution in [0.1, 0.15) is 40.3 Å². The van der Waals surface area contributed by atoms with Crippen molar-refractivity contribution >= 4 is 0 Å². The van der Waals surface area contributed by atoms with Crippen LogP contribution in [-0.2, 0) is 39.1 Å². The predicted octanol–water partition coefficient (Wildman–Crippen LogP) is 3.86. The largest absolute Gasteiger partial charge is 0.326 e. The molecule has 0 amide bonds. The Morgan fingerprint density at radius 3 is 1.24 bits per heavy atom. The molecule has 1 saturated heterocycles. The van der Waals surface area contributed by atoms with Gasteiger partial charge in [0, 0.05) is 32.7 Å². The molecule has 0 radical (unpaired) electrons. The molecule has 1 aliphatic heterocycles. The Labute approximate surface area is 198 Å². The number of rotatable bonds is 9. The third-order valence-electron chi connectivity index (χ3n) is 6.27. The van der Waals surface area contributed by atoms with Crippen molar-refractivity contribution in [3.05, 3.63) is 106 Å². The molecular weight excluding hydrogens is 406 g/mol. The van der Waals surface area contributed by atoms with Gasteiger partial charge in [0.25, 0.3) is 0 Å². The van der Waals surface area contributed by atoms with Crippen molar-refractivity contribution in [2.75, 3.05) is 20.0 Å². The summed E-state index contributed by atoms with van der Waals surface area (Å²) in [5.74, 6) is 0. The molecule has 0 spiro atoms. The van der Waals surface area contributed by atoms with Crippen LogP contribution in [0, 0.1) is 0 Å². The summed E-state index contributed by atoms with van der Waals surface area (Å²) in [6, 6.07) is 26.3. The van der Waals surface area contributed by atoms with Gasteiger partial charge in [-0.05, 0) is 39.8 Å². The second kappa shape index (κ2) is 11.5. The Morgan fingerprint density at radius 1 is 0.545 bits per heavy atom. The summed E-state index contributed by atoms with van der Waals surface area (Å²) in [5, 5.41) is 0. The van der Waals surface area contributed by atoms with Gasteiger partial charge in [-0.2, -0.15) is 0 Å². The maximum absolute atomic E-state index is 5.88. The van der Waals surface area contributed by atoms with Gasteiger partial charge in [0.15, 0.2) is 0 Å². The van der Waals surface area contributed by atoms with E-state index in [4.69, 9.17) is 11.5 Å². The van der Waals surface area contributed by atoms with Gasteiger partial charge in [-0.1, -0.05) is 79.7 Å². The van der Waals surface area contributed by atoms with Gasteiger partial charge in [-0.15, -0.1) is 0 Å². The van der Waals surface area contributed by atoms with Crippen molar-refractivity contribution in [3.8, 4) is 0 Å². The van der Waals surface area contributed by atoms with E-state index in [1.54, 1.807) is 0 Å². The predicted molar refractivity (Wildman–Crippen MR) is 136 cm³/mol. The molecule has 5 heteroatoms. The fraction of sp³-hybridized carbons (Fsp3) is 0.357. The Morgan fingerprint density at radius 2 is 0.879 bits per heavy atom. The fourth-order valence-corrected chi connectivity index (χ4v) is 4.72. The van der Waals surface area contributed by atoms with Crippen LogP contribution in [-0.4, -0.2) is 34.7 Å². The first-order chi connectivity index (χ1) is 16.1. The third kappa shape index (κ3) is 6.73. The molecule has 174 valence electrons. The lowest BCUT2D eigenvalue weighted by molar-refractivity contribution is -0.0422. The van der Waals surface area contributed by atoms with Gasteiger partial charge in [0.2, 0.25) is 0 Å². The molecule has 0 aliphatic carbocycles. The first kappa shape index (κ1) is 23.6. The molecule has 4 N–H and O–H groups in total. The normalized spacial score (nSPS) is 15.7. The van der Waals surface area contributed by atoms with E-state index in [0.29, 0.717) is 13.1 Å². The molecule has 5 nitrogen and oxygen atoms in total. The van der Waals surface area contributed by atoms with Crippen molar-refractivity contribution < 1.29 is 0 Å². The highest BCUT2D eigenvalue weighted by Gasteiger charge is 2.24. The summed E-state index contributed by atoms with van der Waals surface area (Å²) in [7, 11) is 0. The van der Waals surface area contributed by atoms with E-state index >= 15 is 0 Å². The number of hydrogen-bond acceptors (Lipinski definition) is 5. The lowest BCUT2D eigenvalue weighted by atomic mass is 10.1. The number of aryl methyl sites for hydroxylation is 1. The second-order valence-electron chi connectivity index (χ2n) is 9.13. The zero-order chi connectivity index (χ0) is 23.0. The molecule has 0 unspecified atom stereocenters. The summed E-state index contributed by atoms with van der Waals surface area (Å²) in [5.41, 5.74) is 19.5. The number of benzene rings is 3. The van der Waals surface area contributed by atoms with E-state index in [1.165, 1.54) is 33.4 Å². The minimum Gasteiger partial charge on any atom is -0.326 e. The number of nitrogens with zero attached hydrogens (tertiary/aromatic N) is 3. The Bertz CT molecular complexity index is 896. The van der Waals surface area contributed by atoms with Crippen LogP contribution in [0.3, 0.4) is 0 Å². The Hall–Kier alpha value is -2.54. The standard InChI is InChI=1S/C28H37N5/c1-2-23-6-3-9-26(12-23)17-31-20-32(18-27-10-4-7-24(13-27)15-29)22-33(21-31)19-28-11-5-8-25(14-28)16-30/h3-14H,2,15-22,29-30H2,1H3. The Kier molecular flexibility index (Phi) is 8.26. The lowest BCUT2D eigenvalue weighted by Crippen LogP contribution is -2.53. The highest BCUT2D eigenvalue weighted by atomic mass is 15.5. The van der Waals surface area contributed by atoms with Crippen LogP contribution >= 0.6 is 0 Å². The third-order valence-corrected chi connectivity index (χ3v) is 6.27. The molecule has 3 aromatic rings. The number of hydrogen-bond donors (Lipinski definition) is 2. The van der Waals surface area contributed by atoms with E-state index < -0.39 is 0 Å². The molecule has 0 aromatic heterocycles. The van der Waals surface area contributed by atoms with E-state index in [2.05, 4.69) is 94.4 Å². The molecule has 1 heterocycles. The minimum atomic E-state index is 0.581. The van der Waals surface area contributed by atoms with Crippen LogP contribution in [0.2, 0.25) is 0 Å². The molecule has 3 aromatic carbocycles. The minimum absolute atomic E-state index is 0.581. The summed E-state index contributed by atoms with van der Waals surface area (Å²) < 4.78 is 0. The quantitative estimate of drug-likeness (QED) is 0.526. The topological polar surface area (TPSA) is 61.8 Å². The van der Waals surface area contributed by atoms with Gasteiger partial charge in [0.05, 0.1) is 20.0 Å². The summed E-state index contributed by atoms with van der Waals surface area (Å²) in [4.78, 5) is 7.59. The monoisotopic (exact) mass is 443 g/mol. The zero-order valence-electron chi connectivity index (χ0n) is 19.8. The highest BCUT2D eigenvalue weighted by Crippen LogP contribution is 2.19. The van der Waals surface area contributed by atoms with Crippen molar-refractivity contribution in [1.29, 1.82) is 0 Å². The van der Waals surface area contributed by atoms with Crippen molar-refractivity contribution in [2.45, 2.75) is 46.1 Å². The fourth-order valence-electron chi connectivity index (χ4n) is 4.72. The molecule has 1 fully saturated rings. The SMILES string of the molecule is CCc1cccc(CN2CN(Cc3cccc(CN)c3)CN(Cc3cccc(CN)c3)C2)c1. The van der Waals surface area contributed by atoms with Crippen LogP contribution in [0.5, 0.6) is 0 Å². The van der Waals surface area contributed by atoms with E-state index in [-0.39, 0.29) is 0 Å². The molecule has 0 atom stereocenters.